The molecule has 1 heterocycles. The van der Waals surface area contributed by atoms with Crippen LogP contribution in [-0.2, 0) is 6.54 Å². The number of nitrogens with zero attached hydrogens (tertiary/aromatic N) is 2. The van der Waals surface area contributed by atoms with E-state index < -0.39 is 0 Å². The van der Waals surface area contributed by atoms with Gasteiger partial charge in [-0.1, -0.05) is 48.7 Å². The third-order valence-electron chi connectivity index (χ3n) is 5.84. The summed E-state index contributed by atoms with van der Waals surface area (Å²) in [5.74, 6) is 1.66. The largest absolute Gasteiger partial charge is 0.493 e. The molecule has 0 aliphatic heterocycles. The molecule has 0 fully saturated rings. The Labute approximate surface area is 199 Å². The number of hydrogen-bond acceptors (Lipinski definition) is 3. The summed E-state index contributed by atoms with van der Waals surface area (Å²) in [5, 5.41) is 1.31. The summed E-state index contributed by atoms with van der Waals surface area (Å²) in [6, 6.07) is 21.3. The zero-order valence-electron chi connectivity index (χ0n) is 19.2. The number of benzene rings is 3. The lowest BCUT2D eigenvalue weighted by Gasteiger charge is -2.14. The van der Waals surface area contributed by atoms with Crippen LogP contribution in [0.5, 0.6) is 5.75 Å². The van der Waals surface area contributed by atoms with Gasteiger partial charge in [-0.25, -0.2) is 4.98 Å². The number of aryl methyl sites for hydroxylation is 2. The van der Waals surface area contributed by atoms with Gasteiger partial charge < -0.3 is 4.74 Å². The molecule has 4 rings (SSSR count). The first-order valence-corrected chi connectivity index (χ1v) is 11.9. The highest BCUT2D eigenvalue weighted by atomic mass is 35.5. The highest BCUT2D eigenvalue weighted by Crippen LogP contribution is 2.22. The van der Waals surface area contributed by atoms with Crippen molar-refractivity contribution < 1.29 is 4.74 Å². The molecule has 0 amide bonds. The van der Waals surface area contributed by atoms with Crippen molar-refractivity contribution in [1.82, 2.24) is 9.55 Å². The van der Waals surface area contributed by atoms with Crippen LogP contribution < -0.4 is 10.3 Å². The number of unbranched alkanes of at least 4 members (excludes halogenated alkanes) is 3. The number of ether oxygens (including phenoxy) is 1. The zero-order chi connectivity index (χ0) is 23.2. The van der Waals surface area contributed by atoms with E-state index in [4.69, 9.17) is 21.3 Å². The summed E-state index contributed by atoms with van der Waals surface area (Å²) in [5.41, 5.74) is 3.99. The van der Waals surface area contributed by atoms with Crippen LogP contribution in [0.4, 0.5) is 0 Å². The van der Waals surface area contributed by atoms with Gasteiger partial charge in [0.2, 0.25) is 0 Å². The Balaban J connectivity index is 1.40. The molecule has 4 nitrogen and oxygen atoms in total. The summed E-state index contributed by atoms with van der Waals surface area (Å²) in [6.45, 7) is 5.49. The number of fused-ring (bicyclic) bond motifs is 1. The quantitative estimate of drug-likeness (QED) is 0.253. The Bertz CT molecular complexity index is 1300. The summed E-state index contributed by atoms with van der Waals surface area (Å²) in [6.07, 6.45) is 3.97. The maximum atomic E-state index is 13.2. The van der Waals surface area contributed by atoms with E-state index in [0.29, 0.717) is 34.9 Å². The molecule has 0 N–H and O–H groups in total. The highest BCUT2D eigenvalue weighted by molar-refractivity contribution is 6.30. The summed E-state index contributed by atoms with van der Waals surface area (Å²) in [4.78, 5) is 18.1. The normalized spacial score (nSPS) is 11.1. The maximum Gasteiger partial charge on any atom is 0.261 e. The van der Waals surface area contributed by atoms with Gasteiger partial charge in [-0.3, -0.25) is 9.36 Å². The Morgan fingerprint density at radius 3 is 2.48 bits per heavy atom. The second kappa shape index (κ2) is 10.7. The predicted octanol–water partition coefficient (Wildman–Crippen LogP) is 6.97. The number of hydrogen-bond donors (Lipinski definition) is 0. The Kier molecular flexibility index (Phi) is 7.46. The molecule has 170 valence electrons. The standard InChI is InChI=1S/C28H29ClN2O2/c1-20-11-12-21(2)26(19-20)33-18-8-4-3-7-17-31-27(22-13-15-23(29)16-14-22)30-25-10-6-5-9-24(25)28(31)32/h5-6,9-16,19H,3-4,7-8,17-18H2,1-2H3. The summed E-state index contributed by atoms with van der Waals surface area (Å²) in [7, 11) is 0. The highest BCUT2D eigenvalue weighted by Gasteiger charge is 2.12. The van der Waals surface area contributed by atoms with E-state index >= 15 is 0 Å². The fourth-order valence-electron chi connectivity index (χ4n) is 3.97. The van der Waals surface area contributed by atoms with Gasteiger partial charge in [0.1, 0.15) is 11.6 Å². The van der Waals surface area contributed by atoms with Gasteiger partial charge >= 0.3 is 0 Å². The molecule has 0 radical (unpaired) electrons. The fraction of sp³-hybridized carbons (Fsp3) is 0.286. The van der Waals surface area contributed by atoms with Crippen molar-refractivity contribution in [3.8, 4) is 17.1 Å². The van der Waals surface area contributed by atoms with E-state index in [0.717, 1.165) is 37.0 Å². The number of aromatic nitrogens is 2. The van der Waals surface area contributed by atoms with Gasteiger partial charge in [-0.15, -0.1) is 0 Å². The lowest BCUT2D eigenvalue weighted by Crippen LogP contribution is -2.23. The predicted molar refractivity (Wildman–Crippen MR) is 136 cm³/mol. The van der Waals surface area contributed by atoms with Crippen molar-refractivity contribution in [3.05, 3.63) is 93.2 Å². The monoisotopic (exact) mass is 460 g/mol. The topological polar surface area (TPSA) is 44.1 Å². The molecule has 0 saturated carbocycles. The molecule has 0 aliphatic carbocycles. The average molecular weight is 461 g/mol. The molecule has 33 heavy (non-hydrogen) atoms. The van der Waals surface area contributed by atoms with E-state index in [1.54, 1.807) is 4.57 Å². The minimum Gasteiger partial charge on any atom is -0.493 e. The molecular formula is C28H29ClN2O2. The van der Waals surface area contributed by atoms with Crippen molar-refractivity contribution in [3.63, 3.8) is 0 Å². The first kappa shape index (κ1) is 23.1. The molecule has 3 aromatic carbocycles. The first-order chi connectivity index (χ1) is 16.0. The summed E-state index contributed by atoms with van der Waals surface area (Å²) < 4.78 is 7.76. The Morgan fingerprint density at radius 1 is 0.909 bits per heavy atom. The molecule has 0 atom stereocenters. The molecule has 1 aromatic heterocycles. The van der Waals surface area contributed by atoms with E-state index in [-0.39, 0.29) is 5.56 Å². The second-order valence-electron chi connectivity index (χ2n) is 8.45. The third kappa shape index (κ3) is 5.63. The minimum absolute atomic E-state index is 0.00352. The van der Waals surface area contributed by atoms with Crippen molar-refractivity contribution in [2.45, 2.75) is 46.1 Å². The molecule has 0 saturated heterocycles. The van der Waals surface area contributed by atoms with E-state index in [1.807, 2.05) is 48.5 Å². The van der Waals surface area contributed by atoms with E-state index in [1.165, 1.54) is 11.1 Å². The molecule has 0 unspecified atom stereocenters. The lowest BCUT2D eigenvalue weighted by atomic mass is 10.1. The SMILES string of the molecule is Cc1ccc(C)c(OCCCCCCn2c(-c3ccc(Cl)cc3)nc3ccccc3c2=O)c1. The molecule has 0 aliphatic rings. The van der Waals surface area contributed by atoms with Gasteiger partial charge in [-0.05, 0) is 80.3 Å². The first-order valence-electron chi connectivity index (χ1n) is 11.5. The fourth-order valence-corrected chi connectivity index (χ4v) is 4.09. The molecular weight excluding hydrogens is 432 g/mol. The Hall–Kier alpha value is -3.11. The second-order valence-corrected chi connectivity index (χ2v) is 8.88. The minimum atomic E-state index is 0.00352. The van der Waals surface area contributed by atoms with Crippen LogP contribution in [0.25, 0.3) is 22.3 Å². The van der Waals surface area contributed by atoms with Gasteiger partial charge in [0.05, 0.1) is 17.5 Å². The van der Waals surface area contributed by atoms with Crippen LogP contribution in [-0.4, -0.2) is 16.2 Å². The third-order valence-corrected chi connectivity index (χ3v) is 6.09. The molecule has 0 bridgehead atoms. The lowest BCUT2D eigenvalue weighted by molar-refractivity contribution is 0.302. The summed E-state index contributed by atoms with van der Waals surface area (Å²) >= 11 is 6.07. The van der Waals surface area contributed by atoms with E-state index in [9.17, 15) is 4.79 Å². The van der Waals surface area contributed by atoms with Gasteiger partial charge in [0.25, 0.3) is 5.56 Å². The molecule has 4 aromatic rings. The van der Waals surface area contributed by atoms with Crippen molar-refractivity contribution in [2.24, 2.45) is 0 Å². The van der Waals surface area contributed by atoms with Crippen molar-refractivity contribution in [2.75, 3.05) is 6.61 Å². The van der Waals surface area contributed by atoms with Crippen molar-refractivity contribution in [1.29, 1.82) is 0 Å². The van der Waals surface area contributed by atoms with Crippen molar-refractivity contribution >= 4 is 22.5 Å². The molecule has 0 spiro atoms. The van der Waals surface area contributed by atoms with Crippen LogP contribution in [0.2, 0.25) is 5.02 Å². The van der Waals surface area contributed by atoms with E-state index in [2.05, 4.69) is 32.0 Å². The van der Waals surface area contributed by atoms with Gasteiger partial charge in [0, 0.05) is 17.1 Å². The molecule has 5 heteroatoms. The number of halogens is 1. The van der Waals surface area contributed by atoms with Crippen LogP contribution in [0.15, 0.2) is 71.5 Å². The maximum absolute atomic E-state index is 13.2. The van der Waals surface area contributed by atoms with Crippen LogP contribution in [0.1, 0.15) is 36.8 Å². The number of para-hydroxylation sites is 1. The zero-order valence-corrected chi connectivity index (χ0v) is 19.9. The van der Waals surface area contributed by atoms with Crippen LogP contribution in [0.3, 0.4) is 0 Å². The van der Waals surface area contributed by atoms with Crippen LogP contribution >= 0.6 is 11.6 Å². The van der Waals surface area contributed by atoms with Crippen LogP contribution in [0, 0.1) is 13.8 Å². The number of rotatable bonds is 9. The smallest absolute Gasteiger partial charge is 0.261 e. The van der Waals surface area contributed by atoms with Gasteiger partial charge in [-0.2, -0.15) is 0 Å². The Morgan fingerprint density at radius 2 is 1.67 bits per heavy atom. The average Bonchev–Trinajstić information content (AvgIpc) is 2.82. The van der Waals surface area contributed by atoms with Gasteiger partial charge in [0.15, 0.2) is 0 Å².